The van der Waals surface area contributed by atoms with Gasteiger partial charge in [-0.1, -0.05) is 6.07 Å². The molecule has 3 heterocycles. The van der Waals surface area contributed by atoms with Crippen molar-refractivity contribution >= 4 is 17.6 Å². The van der Waals surface area contributed by atoms with Crippen LogP contribution in [0.4, 0.5) is 10.5 Å². The lowest BCUT2D eigenvalue weighted by molar-refractivity contribution is -0.139. The number of amides is 3. The van der Waals surface area contributed by atoms with Crippen LogP contribution in [0.2, 0.25) is 0 Å². The van der Waals surface area contributed by atoms with Crippen molar-refractivity contribution in [2.75, 3.05) is 51.9 Å². The van der Waals surface area contributed by atoms with Gasteiger partial charge in [-0.15, -0.1) is 0 Å². The Morgan fingerprint density at radius 2 is 2.07 bits per heavy atom. The van der Waals surface area contributed by atoms with Crippen LogP contribution < -0.4 is 15.0 Å². The first-order chi connectivity index (χ1) is 14.1. The van der Waals surface area contributed by atoms with E-state index in [1.165, 1.54) is 4.90 Å². The highest BCUT2D eigenvalue weighted by atomic mass is 16.5. The molecule has 0 saturated carbocycles. The Hall–Kier alpha value is -2.36. The number of nitrogens with zero attached hydrogens (tertiary/aromatic N) is 4. The van der Waals surface area contributed by atoms with Gasteiger partial charge < -0.3 is 19.3 Å². The molecule has 3 atom stereocenters. The minimum absolute atomic E-state index is 0.153. The summed E-state index contributed by atoms with van der Waals surface area (Å²) in [5.74, 6) is 0.640. The fourth-order valence-electron chi connectivity index (χ4n) is 4.48. The zero-order chi connectivity index (χ0) is 20.5. The van der Waals surface area contributed by atoms with E-state index in [9.17, 15) is 9.59 Å². The van der Waals surface area contributed by atoms with Crippen molar-refractivity contribution in [2.45, 2.75) is 31.8 Å². The van der Waals surface area contributed by atoms with Gasteiger partial charge in [-0.05, 0) is 25.5 Å². The molecule has 3 unspecified atom stereocenters. The number of methoxy groups -OCH3 is 1. The van der Waals surface area contributed by atoms with Gasteiger partial charge in [-0.3, -0.25) is 19.9 Å². The molecule has 3 saturated heterocycles. The van der Waals surface area contributed by atoms with Gasteiger partial charge in [0.1, 0.15) is 24.2 Å². The standard InChI is InChI=1S/C20H29N5O4/c1-4-29-12-11-25-18(26)16-17(22(2)20(25)27)21-19-23(9-6-10-24(16)19)14-7-5-8-15(13-14)28-3/h5,7-8,13,16-17,19,21H,4,6,9-12H2,1-3H3. The van der Waals surface area contributed by atoms with Crippen LogP contribution in [0.3, 0.4) is 0 Å². The number of hydrogen-bond acceptors (Lipinski definition) is 7. The summed E-state index contributed by atoms with van der Waals surface area (Å²) in [5.41, 5.74) is 1.03. The fraction of sp³-hybridized carbons (Fsp3) is 0.600. The molecule has 0 bridgehead atoms. The molecule has 0 radical (unpaired) electrons. The van der Waals surface area contributed by atoms with Crippen LogP contribution in [0, 0.1) is 0 Å². The summed E-state index contributed by atoms with van der Waals surface area (Å²) in [6, 6.07) is 7.23. The fourth-order valence-corrected chi connectivity index (χ4v) is 4.48. The maximum atomic E-state index is 13.3. The first-order valence-electron chi connectivity index (χ1n) is 10.1. The Balaban J connectivity index is 1.59. The van der Waals surface area contributed by atoms with Gasteiger partial charge in [0, 0.05) is 38.5 Å². The summed E-state index contributed by atoms with van der Waals surface area (Å²) in [6.45, 7) is 4.74. The second-order valence-electron chi connectivity index (χ2n) is 7.50. The van der Waals surface area contributed by atoms with Crippen molar-refractivity contribution in [1.82, 2.24) is 20.0 Å². The Labute approximate surface area is 171 Å². The monoisotopic (exact) mass is 403 g/mol. The molecule has 9 nitrogen and oxygen atoms in total. The van der Waals surface area contributed by atoms with Crippen molar-refractivity contribution in [3.63, 3.8) is 0 Å². The largest absolute Gasteiger partial charge is 0.497 e. The number of likely N-dealkylation sites (N-methyl/N-ethyl adjacent to an activating group) is 1. The van der Waals surface area contributed by atoms with Gasteiger partial charge >= 0.3 is 6.03 Å². The second kappa shape index (κ2) is 8.17. The summed E-state index contributed by atoms with van der Waals surface area (Å²) in [6.07, 6.45) is 0.425. The summed E-state index contributed by atoms with van der Waals surface area (Å²) >= 11 is 0. The van der Waals surface area contributed by atoms with Crippen LogP contribution in [-0.2, 0) is 9.53 Å². The SMILES string of the molecule is CCOCCN1C(=O)C2C(NC3N(c4cccc(OC)c4)CCCN23)N(C)C1=O. The Morgan fingerprint density at radius 1 is 1.24 bits per heavy atom. The molecule has 0 aromatic heterocycles. The highest BCUT2D eigenvalue weighted by Gasteiger charge is 2.55. The molecule has 3 aliphatic heterocycles. The zero-order valence-corrected chi connectivity index (χ0v) is 17.2. The third-order valence-corrected chi connectivity index (χ3v) is 5.92. The lowest BCUT2D eigenvalue weighted by Crippen LogP contribution is -2.66. The number of rotatable bonds is 6. The predicted molar refractivity (Wildman–Crippen MR) is 108 cm³/mol. The number of imide groups is 1. The number of urea groups is 1. The second-order valence-corrected chi connectivity index (χ2v) is 7.50. The minimum Gasteiger partial charge on any atom is -0.497 e. The van der Waals surface area contributed by atoms with E-state index in [1.54, 1.807) is 19.1 Å². The number of anilines is 1. The van der Waals surface area contributed by atoms with Crippen LogP contribution in [0.25, 0.3) is 0 Å². The van der Waals surface area contributed by atoms with Gasteiger partial charge in [0.15, 0.2) is 0 Å². The van der Waals surface area contributed by atoms with E-state index in [-0.39, 0.29) is 30.9 Å². The van der Waals surface area contributed by atoms with Crippen molar-refractivity contribution in [3.8, 4) is 5.75 Å². The number of carbonyl (C=O) groups excluding carboxylic acids is 2. The third kappa shape index (κ3) is 3.43. The Morgan fingerprint density at radius 3 is 2.83 bits per heavy atom. The number of fused-ring (bicyclic) bond motifs is 3. The lowest BCUT2D eigenvalue weighted by atomic mass is 10.1. The topological polar surface area (TPSA) is 77.6 Å². The van der Waals surface area contributed by atoms with Crippen molar-refractivity contribution in [3.05, 3.63) is 24.3 Å². The van der Waals surface area contributed by atoms with E-state index in [4.69, 9.17) is 9.47 Å². The molecule has 3 amide bonds. The predicted octanol–water partition coefficient (Wildman–Crippen LogP) is 0.719. The smallest absolute Gasteiger partial charge is 0.327 e. The number of benzene rings is 1. The highest BCUT2D eigenvalue weighted by Crippen LogP contribution is 2.33. The molecule has 9 heteroatoms. The average molecular weight is 403 g/mol. The first-order valence-corrected chi connectivity index (χ1v) is 10.1. The molecule has 4 rings (SSSR count). The van der Waals surface area contributed by atoms with Gasteiger partial charge in [-0.25, -0.2) is 4.79 Å². The van der Waals surface area contributed by atoms with Crippen LogP contribution >= 0.6 is 0 Å². The number of ether oxygens (including phenoxy) is 2. The summed E-state index contributed by atoms with van der Waals surface area (Å²) in [5, 5.41) is 3.52. The normalized spacial score (nSPS) is 27.3. The summed E-state index contributed by atoms with van der Waals surface area (Å²) in [4.78, 5) is 33.4. The van der Waals surface area contributed by atoms with Crippen molar-refractivity contribution in [1.29, 1.82) is 0 Å². The van der Waals surface area contributed by atoms with Gasteiger partial charge in [0.05, 0.1) is 20.3 Å². The molecular formula is C20H29N5O4. The minimum atomic E-state index is -0.405. The Kier molecular flexibility index (Phi) is 5.62. The van der Waals surface area contributed by atoms with Crippen LogP contribution in [0.15, 0.2) is 24.3 Å². The molecule has 1 aromatic carbocycles. The molecule has 1 N–H and O–H groups in total. The van der Waals surface area contributed by atoms with Crippen molar-refractivity contribution < 1.29 is 19.1 Å². The van der Waals surface area contributed by atoms with Gasteiger partial charge in [0.25, 0.3) is 5.91 Å². The number of carbonyl (C=O) groups is 2. The molecular weight excluding hydrogens is 374 g/mol. The molecule has 158 valence electrons. The van der Waals surface area contributed by atoms with Gasteiger partial charge in [-0.2, -0.15) is 0 Å². The van der Waals surface area contributed by atoms with Crippen LogP contribution in [0.1, 0.15) is 13.3 Å². The van der Waals surface area contributed by atoms with E-state index >= 15 is 0 Å². The Bertz CT molecular complexity index is 775. The van der Waals surface area contributed by atoms with E-state index in [0.29, 0.717) is 13.2 Å². The molecule has 1 aromatic rings. The van der Waals surface area contributed by atoms with Gasteiger partial charge in [0.2, 0.25) is 0 Å². The van der Waals surface area contributed by atoms with E-state index in [0.717, 1.165) is 30.9 Å². The van der Waals surface area contributed by atoms with E-state index in [1.807, 2.05) is 31.2 Å². The van der Waals surface area contributed by atoms with Crippen LogP contribution in [0.5, 0.6) is 5.75 Å². The quantitative estimate of drug-likeness (QED) is 0.702. The lowest BCUT2D eigenvalue weighted by Gasteiger charge is -2.43. The molecule has 0 spiro atoms. The third-order valence-electron chi connectivity index (χ3n) is 5.92. The first kappa shape index (κ1) is 19.9. The maximum absolute atomic E-state index is 13.3. The zero-order valence-electron chi connectivity index (χ0n) is 17.2. The van der Waals surface area contributed by atoms with E-state index in [2.05, 4.69) is 15.1 Å². The molecule has 3 fully saturated rings. The average Bonchev–Trinajstić information content (AvgIpc) is 3.14. The number of hydrogen-bond donors (Lipinski definition) is 1. The van der Waals surface area contributed by atoms with E-state index < -0.39 is 6.04 Å². The number of nitrogens with one attached hydrogen (secondary N) is 1. The van der Waals surface area contributed by atoms with Crippen molar-refractivity contribution in [2.24, 2.45) is 0 Å². The molecule has 29 heavy (non-hydrogen) atoms. The van der Waals surface area contributed by atoms with Crippen LogP contribution in [-0.4, -0.2) is 92.1 Å². The highest BCUT2D eigenvalue weighted by molar-refractivity contribution is 6.00. The maximum Gasteiger partial charge on any atom is 0.327 e. The summed E-state index contributed by atoms with van der Waals surface area (Å²) < 4.78 is 10.7. The molecule has 0 aliphatic carbocycles. The molecule has 3 aliphatic rings. The summed E-state index contributed by atoms with van der Waals surface area (Å²) in [7, 11) is 3.40.